The summed E-state index contributed by atoms with van der Waals surface area (Å²) in [6.45, 7) is 2.33. The van der Waals surface area contributed by atoms with Crippen molar-refractivity contribution in [2.75, 3.05) is 31.1 Å². The van der Waals surface area contributed by atoms with E-state index in [2.05, 4.69) is 20.6 Å². The number of nitrogens with one attached hydrogen (secondary N) is 2. The minimum Gasteiger partial charge on any atom is -0.337 e. The molecule has 0 bridgehead atoms. The van der Waals surface area contributed by atoms with E-state index in [1.165, 1.54) is 0 Å². The second-order valence-electron chi connectivity index (χ2n) is 5.47. The zero-order valence-electron chi connectivity index (χ0n) is 12.6. The van der Waals surface area contributed by atoms with Crippen LogP contribution in [0.3, 0.4) is 0 Å². The number of amides is 4. The molecule has 9 heteroatoms. The van der Waals surface area contributed by atoms with Crippen molar-refractivity contribution in [2.45, 2.75) is 18.9 Å². The maximum Gasteiger partial charge on any atom is 0.322 e. The molecule has 0 aromatic carbocycles. The average molecular weight is 318 g/mol. The van der Waals surface area contributed by atoms with Gasteiger partial charge in [0.25, 0.3) is 0 Å². The summed E-state index contributed by atoms with van der Waals surface area (Å²) in [5.74, 6) is 0.143. The molecule has 4 amide bonds. The summed E-state index contributed by atoms with van der Waals surface area (Å²) in [5, 5.41) is 4.72. The Bertz CT molecular complexity index is 600. The Kier molecular flexibility index (Phi) is 4.35. The van der Waals surface area contributed by atoms with Crippen LogP contribution in [0.2, 0.25) is 0 Å². The molecule has 1 aromatic heterocycles. The molecule has 2 N–H and O–H groups in total. The Balaban J connectivity index is 1.57. The normalized spacial score (nSPS) is 22.2. The summed E-state index contributed by atoms with van der Waals surface area (Å²) in [6.07, 6.45) is 3.85. The summed E-state index contributed by atoms with van der Waals surface area (Å²) >= 11 is 0. The monoisotopic (exact) mass is 318 g/mol. The van der Waals surface area contributed by atoms with Gasteiger partial charge in [-0.15, -0.1) is 0 Å². The number of imide groups is 1. The van der Waals surface area contributed by atoms with Crippen LogP contribution in [-0.2, 0) is 9.59 Å². The third-order valence-corrected chi connectivity index (χ3v) is 3.94. The first-order valence-electron chi connectivity index (χ1n) is 7.54. The Morgan fingerprint density at radius 3 is 2.52 bits per heavy atom. The SMILES string of the molecule is O=C1CCC(C(=O)N2CCN(c3ncccn3)CC2)NC(=O)N1. The molecule has 0 saturated carbocycles. The molecule has 3 rings (SSSR count). The molecule has 1 atom stereocenters. The van der Waals surface area contributed by atoms with Gasteiger partial charge in [-0.2, -0.15) is 0 Å². The Morgan fingerprint density at radius 2 is 1.83 bits per heavy atom. The molecular weight excluding hydrogens is 300 g/mol. The minimum atomic E-state index is -0.652. The molecule has 23 heavy (non-hydrogen) atoms. The van der Waals surface area contributed by atoms with E-state index in [4.69, 9.17) is 0 Å². The maximum absolute atomic E-state index is 12.5. The summed E-state index contributed by atoms with van der Waals surface area (Å²) in [4.78, 5) is 47.5. The molecule has 2 aliphatic rings. The standard InChI is InChI=1S/C14H18N6O3/c21-11-3-2-10(17-14(23)18-11)12(22)19-6-8-20(9-7-19)13-15-4-1-5-16-13/h1,4-5,10H,2-3,6-9H2,(H2,17,18,21,23). The number of rotatable bonds is 2. The number of carbonyl (C=O) groups is 3. The molecule has 3 heterocycles. The van der Waals surface area contributed by atoms with Crippen LogP contribution in [-0.4, -0.2) is 64.9 Å². The van der Waals surface area contributed by atoms with E-state index in [1.807, 2.05) is 4.90 Å². The smallest absolute Gasteiger partial charge is 0.322 e. The lowest BCUT2D eigenvalue weighted by Gasteiger charge is -2.36. The van der Waals surface area contributed by atoms with Crippen molar-refractivity contribution in [3.63, 3.8) is 0 Å². The van der Waals surface area contributed by atoms with Crippen LogP contribution in [0.15, 0.2) is 18.5 Å². The maximum atomic E-state index is 12.5. The molecule has 0 spiro atoms. The van der Waals surface area contributed by atoms with Crippen molar-refractivity contribution >= 4 is 23.8 Å². The van der Waals surface area contributed by atoms with E-state index in [9.17, 15) is 14.4 Å². The highest BCUT2D eigenvalue weighted by molar-refractivity contribution is 5.98. The van der Waals surface area contributed by atoms with Crippen molar-refractivity contribution in [1.29, 1.82) is 0 Å². The lowest BCUT2D eigenvalue weighted by molar-refractivity contribution is -0.133. The van der Waals surface area contributed by atoms with Crippen molar-refractivity contribution in [3.8, 4) is 0 Å². The van der Waals surface area contributed by atoms with Gasteiger partial charge < -0.3 is 15.1 Å². The number of anilines is 1. The van der Waals surface area contributed by atoms with Gasteiger partial charge in [-0.05, 0) is 12.5 Å². The van der Waals surface area contributed by atoms with Crippen molar-refractivity contribution in [1.82, 2.24) is 25.5 Å². The molecular formula is C14H18N6O3. The summed E-state index contributed by atoms with van der Waals surface area (Å²) in [7, 11) is 0. The van der Waals surface area contributed by atoms with Crippen molar-refractivity contribution in [3.05, 3.63) is 18.5 Å². The van der Waals surface area contributed by atoms with Crippen LogP contribution >= 0.6 is 0 Å². The van der Waals surface area contributed by atoms with Gasteiger partial charge >= 0.3 is 6.03 Å². The van der Waals surface area contributed by atoms with E-state index >= 15 is 0 Å². The van der Waals surface area contributed by atoms with Gasteiger partial charge in [-0.1, -0.05) is 0 Å². The second kappa shape index (κ2) is 6.59. The average Bonchev–Trinajstić information content (AvgIpc) is 2.75. The van der Waals surface area contributed by atoms with Crippen LogP contribution in [0.4, 0.5) is 10.7 Å². The van der Waals surface area contributed by atoms with Crippen molar-refractivity contribution in [2.24, 2.45) is 0 Å². The lowest BCUT2D eigenvalue weighted by atomic mass is 10.1. The highest BCUT2D eigenvalue weighted by Gasteiger charge is 2.31. The Labute approximate surface area is 133 Å². The van der Waals surface area contributed by atoms with Gasteiger partial charge in [0.2, 0.25) is 17.8 Å². The second-order valence-corrected chi connectivity index (χ2v) is 5.47. The fourth-order valence-corrected chi connectivity index (χ4v) is 2.72. The lowest BCUT2D eigenvalue weighted by Crippen LogP contribution is -2.55. The Hall–Kier alpha value is -2.71. The number of urea groups is 1. The molecule has 2 fully saturated rings. The van der Waals surface area contributed by atoms with Crippen molar-refractivity contribution < 1.29 is 14.4 Å². The van der Waals surface area contributed by atoms with Gasteiger partial charge in [0.05, 0.1) is 0 Å². The fourth-order valence-electron chi connectivity index (χ4n) is 2.72. The van der Waals surface area contributed by atoms with Crippen LogP contribution in [0.5, 0.6) is 0 Å². The predicted octanol–water partition coefficient (Wildman–Crippen LogP) is -0.887. The first-order chi connectivity index (χ1) is 11.1. The molecule has 1 unspecified atom stereocenters. The number of aromatic nitrogens is 2. The zero-order chi connectivity index (χ0) is 16.2. The third kappa shape index (κ3) is 3.55. The number of nitrogens with zero attached hydrogens (tertiary/aromatic N) is 4. The highest BCUT2D eigenvalue weighted by Crippen LogP contribution is 2.12. The molecule has 0 aliphatic carbocycles. The number of hydrogen-bond acceptors (Lipinski definition) is 6. The number of hydrogen-bond donors (Lipinski definition) is 2. The van der Waals surface area contributed by atoms with E-state index in [0.717, 1.165) is 0 Å². The number of piperazine rings is 1. The van der Waals surface area contributed by atoms with E-state index in [0.29, 0.717) is 38.5 Å². The van der Waals surface area contributed by atoms with Gasteiger partial charge in [-0.3, -0.25) is 14.9 Å². The predicted molar refractivity (Wildman–Crippen MR) is 80.5 cm³/mol. The molecule has 2 aliphatic heterocycles. The topological polar surface area (TPSA) is 108 Å². The molecule has 1 aromatic rings. The zero-order valence-corrected chi connectivity index (χ0v) is 12.6. The Morgan fingerprint density at radius 1 is 1.13 bits per heavy atom. The first-order valence-corrected chi connectivity index (χ1v) is 7.54. The van der Waals surface area contributed by atoms with E-state index < -0.39 is 12.1 Å². The summed E-state index contributed by atoms with van der Waals surface area (Å²) < 4.78 is 0. The first kappa shape index (κ1) is 15.2. The quantitative estimate of drug-likeness (QED) is 0.733. The van der Waals surface area contributed by atoms with Gasteiger partial charge in [-0.25, -0.2) is 14.8 Å². The van der Waals surface area contributed by atoms with Crippen LogP contribution in [0.1, 0.15) is 12.8 Å². The molecule has 0 radical (unpaired) electrons. The summed E-state index contributed by atoms with van der Waals surface area (Å²) in [5.41, 5.74) is 0. The molecule has 9 nitrogen and oxygen atoms in total. The van der Waals surface area contributed by atoms with Gasteiger partial charge in [0.15, 0.2) is 0 Å². The number of carbonyl (C=O) groups excluding carboxylic acids is 3. The van der Waals surface area contributed by atoms with Crippen LogP contribution in [0.25, 0.3) is 0 Å². The molecule has 122 valence electrons. The summed E-state index contributed by atoms with van der Waals surface area (Å²) in [6, 6.07) is 0.496. The van der Waals surface area contributed by atoms with Gasteiger partial charge in [0, 0.05) is 45.0 Å². The van der Waals surface area contributed by atoms with Gasteiger partial charge in [0.1, 0.15) is 6.04 Å². The highest BCUT2D eigenvalue weighted by atomic mass is 16.2. The van der Waals surface area contributed by atoms with E-state index in [1.54, 1.807) is 23.4 Å². The molecule has 2 saturated heterocycles. The van der Waals surface area contributed by atoms with Crippen LogP contribution < -0.4 is 15.5 Å². The van der Waals surface area contributed by atoms with Crippen LogP contribution in [0, 0.1) is 0 Å². The third-order valence-electron chi connectivity index (χ3n) is 3.94. The largest absolute Gasteiger partial charge is 0.337 e. The minimum absolute atomic E-state index is 0.150. The van der Waals surface area contributed by atoms with E-state index in [-0.39, 0.29) is 18.2 Å². The fraction of sp³-hybridized carbons (Fsp3) is 0.500.